The number of anilines is 2. The fraction of sp³-hybridized carbons (Fsp3) is 0.231. The fourth-order valence-corrected chi connectivity index (χ4v) is 4.61. The van der Waals surface area contributed by atoms with Crippen LogP contribution in [-0.2, 0) is 11.3 Å². The first-order chi connectivity index (χ1) is 16.1. The monoisotopic (exact) mass is 461 g/mol. The van der Waals surface area contributed by atoms with Gasteiger partial charge in [-0.05, 0) is 42.0 Å². The second kappa shape index (κ2) is 9.16. The first-order valence-electron chi connectivity index (χ1n) is 11.0. The summed E-state index contributed by atoms with van der Waals surface area (Å²) in [5.74, 6) is 0.603. The molecule has 0 spiro atoms. The molecule has 0 saturated carbocycles. The lowest BCUT2D eigenvalue weighted by Crippen LogP contribution is -2.48. The quantitative estimate of drug-likeness (QED) is 0.583. The Morgan fingerprint density at radius 3 is 2.39 bits per heavy atom. The molecule has 168 valence electrons. The van der Waals surface area contributed by atoms with Gasteiger partial charge in [-0.3, -0.25) is 9.59 Å². The summed E-state index contributed by atoms with van der Waals surface area (Å²) in [6, 6.07) is 22.8. The number of amides is 2. The molecule has 0 atom stereocenters. The summed E-state index contributed by atoms with van der Waals surface area (Å²) in [7, 11) is 0. The largest absolute Gasteiger partial charge is 0.482 e. The predicted molar refractivity (Wildman–Crippen MR) is 129 cm³/mol. The van der Waals surface area contributed by atoms with Crippen LogP contribution in [0.15, 0.2) is 72.8 Å². The van der Waals surface area contributed by atoms with Gasteiger partial charge < -0.3 is 19.4 Å². The Bertz CT molecular complexity index is 1190. The Balaban J connectivity index is 1.28. The fourth-order valence-electron chi connectivity index (χ4n) is 4.35. The van der Waals surface area contributed by atoms with Gasteiger partial charge >= 0.3 is 0 Å². The lowest BCUT2D eigenvalue weighted by atomic mass is 10.1. The van der Waals surface area contributed by atoms with Crippen LogP contribution in [0, 0.1) is 0 Å². The number of rotatable bonds is 4. The van der Waals surface area contributed by atoms with Gasteiger partial charge in [0.15, 0.2) is 6.61 Å². The standard InChI is InChI=1S/C26H24ClN3O3/c27-21-8-1-2-9-22(21)28-12-14-29(15-13-28)26(32)20-7-5-6-19(16-20)17-30-23-10-3-4-11-24(23)33-18-25(30)31/h1-11,16H,12-15,17-18H2. The topological polar surface area (TPSA) is 53.1 Å². The smallest absolute Gasteiger partial charge is 0.265 e. The maximum atomic E-state index is 13.2. The zero-order valence-electron chi connectivity index (χ0n) is 18.1. The van der Waals surface area contributed by atoms with E-state index in [1.54, 1.807) is 4.90 Å². The van der Waals surface area contributed by atoms with E-state index in [4.69, 9.17) is 16.3 Å². The normalized spacial score (nSPS) is 15.8. The number of nitrogens with zero attached hydrogens (tertiary/aromatic N) is 3. The van der Waals surface area contributed by atoms with E-state index in [2.05, 4.69) is 4.90 Å². The summed E-state index contributed by atoms with van der Waals surface area (Å²) in [5.41, 5.74) is 3.29. The van der Waals surface area contributed by atoms with Crippen molar-refractivity contribution in [2.24, 2.45) is 0 Å². The van der Waals surface area contributed by atoms with Crippen molar-refractivity contribution in [3.63, 3.8) is 0 Å². The number of hydrogen-bond acceptors (Lipinski definition) is 4. The third-order valence-corrected chi connectivity index (χ3v) is 6.40. The molecule has 0 radical (unpaired) electrons. The molecule has 0 aromatic heterocycles. The Labute approximate surface area is 197 Å². The molecule has 0 N–H and O–H groups in total. The second-order valence-corrected chi connectivity index (χ2v) is 8.57. The summed E-state index contributed by atoms with van der Waals surface area (Å²) in [5, 5.41) is 0.726. The number of piperazine rings is 1. The highest BCUT2D eigenvalue weighted by Gasteiger charge is 2.26. The molecular formula is C26H24ClN3O3. The van der Waals surface area contributed by atoms with Crippen molar-refractivity contribution in [3.8, 4) is 5.75 Å². The van der Waals surface area contributed by atoms with Crippen molar-refractivity contribution in [1.29, 1.82) is 0 Å². The molecule has 7 heteroatoms. The van der Waals surface area contributed by atoms with Crippen LogP contribution in [0.1, 0.15) is 15.9 Å². The highest BCUT2D eigenvalue weighted by atomic mass is 35.5. The minimum Gasteiger partial charge on any atom is -0.482 e. The molecule has 3 aromatic carbocycles. The van der Waals surface area contributed by atoms with E-state index in [9.17, 15) is 9.59 Å². The molecule has 2 amide bonds. The van der Waals surface area contributed by atoms with Gasteiger partial charge in [-0.1, -0.05) is 48.0 Å². The van der Waals surface area contributed by atoms with Crippen molar-refractivity contribution in [2.75, 3.05) is 42.6 Å². The van der Waals surface area contributed by atoms with Crippen molar-refractivity contribution >= 4 is 34.8 Å². The molecule has 6 nitrogen and oxygen atoms in total. The van der Waals surface area contributed by atoms with Gasteiger partial charge in [-0.2, -0.15) is 0 Å². The lowest BCUT2D eigenvalue weighted by molar-refractivity contribution is -0.121. The van der Waals surface area contributed by atoms with Crippen LogP contribution in [0.3, 0.4) is 0 Å². The van der Waals surface area contributed by atoms with Gasteiger partial charge in [0.05, 0.1) is 22.9 Å². The number of para-hydroxylation sites is 3. The highest BCUT2D eigenvalue weighted by molar-refractivity contribution is 6.33. The molecule has 5 rings (SSSR count). The van der Waals surface area contributed by atoms with E-state index < -0.39 is 0 Å². The molecule has 1 fully saturated rings. The second-order valence-electron chi connectivity index (χ2n) is 8.17. The van der Waals surface area contributed by atoms with Crippen LogP contribution in [0.2, 0.25) is 5.02 Å². The predicted octanol–water partition coefficient (Wildman–Crippen LogP) is 4.23. The molecule has 0 bridgehead atoms. The summed E-state index contributed by atoms with van der Waals surface area (Å²) >= 11 is 6.33. The summed E-state index contributed by atoms with van der Waals surface area (Å²) in [4.78, 5) is 31.5. The number of hydrogen-bond donors (Lipinski definition) is 0. The number of ether oxygens (including phenoxy) is 1. The van der Waals surface area contributed by atoms with E-state index >= 15 is 0 Å². The summed E-state index contributed by atoms with van der Waals surface area (Å²) in [6.45, 7) is 3.13. The van der Waals surface area contributed by atoms with Crippen LogP contribution < -0.4 is 14.5 Å². The number of carbonyl (C=O) groups is 2. The Kier molecular flexibility index (Phi) is 5.92. The number of fused-ring (bicyclic) bond motifs is 1. The zero-order valence-corrected chi connectivity index (χ0v) is 18.9. The van der Waals surface area contributed by atoms with E-state index in [1.165, 1.54) is 0 Å². The molecular weight excluding hydrogens is 438 g/mol. The van der Waals surface area contributed by atoms with Gasteiger partial charge in [0, 0.05) is 31.7 Å². The van der Waals surface area contributed by atoms with E-state index in [1.807, 2.05) is 77.7 Å². The Hall–Kier alpha value is -3.51. The van der Waals surface area contributed by atoms with Crippen LogP contribution in [0.4, 0.5) is 11.4 Å². The third kappa shape index (κ3) is 4.39. The minimum atomic E-state index is -0.0962. The van der Waals surface area contributed by atoms with Crippen LogP contribution in [-0.4, -0.2) is 49.5 Å². The molecule has 2 aliphatic rings. The number of benzene rings is 3. The highest BCUT2D eigenvalue weighted by Crippen LogP contribution is 2.32. The molecule has 0 aliphatic carbocycles. The van der Waals surface area contributed by atoms with Crippen molar-refractivity contribution in [3.05, 3.63) is 88.9 Å². The van der Waals surface area contributed by atoms with Gasteiger partial charge in [-0.15, -0.1) is 0 Å². The van der Waals surface area contributed by atoms with Gasteiger partial charge in [0.1, 0.15) is 5.75 Å². The van der Waals surface area contributed by atoms with Crippen LogP contribution in [0.5, 0.6) is 5.75 Å². The minimum absolute atomic E-state index is 0.00404. The Morgan fingerprint density at radius 1 is 0.879 bits per heavy atom. The molecule has 1 saturated heterocycles. The van der Waals surface area contributed by atoms with Crippen molar-refractivity contribution in [1.82, 2.24) is 4.90 Å². The summed E-state index contributed by atoms with van der Waals surface area (Å²) in [6.07, 6.45) is 0. The Morgan fingerprint density at radius 2 is 1.61 bits per heavy atom. The van der Waals surface area contributed by atoms with Crippen LogP contribution in [0.25, 0.3) is 0 Å². The molecule has 2 aliphatic heterocycles. The first kappa shape index (κ1) is 21.3. The zero-order chi connectivity index (χ0) is 22.8. The maximum absolute atomic E-state index is 13.2. The molecule has 3 aromatic rings. The SMILES string of the molecule is O=C(c1cccc(CN2C(=O)COc3ccccc32)c1)N1CCN(c2ccccc2Cl)CC1. The van der Waals surface area contributed by atoms with Crippen molar-refractivity contribution in [2.45, 2.75) is 6.54 Å². The lowest BCUT2D eigenvalue weighted by Gasteiger charge is -2.36. The maximum Gasteiger partial charge on any atom is 0.265 e. The average molecular weight is 462 g/mol. The average Bonchev–Trinajstić information content (AvgIpc) is 2.86. The van der Waals surface area contributed by atoms with E-state index in [-0.39, 0.29) is 18.4 Å². The van der Waals surface area contributed by atoms with E-state index in [0.29, 0.717) is 30.9 Å². The molecule has 0 unspecified atom stereocenters. The summed E-state index contributed by atoms with van der Waals surface area (Å²) < 4.78 is 5.53. The van der Waals surface area contributed by atoms with Gasteiger partial charge in [0.2, 0.25) is 0 Å². The van der Waals surface area contributed by atoms with Gasteiger partial charge in [0.25, 0.3) is 11.8 Å². The van der Waals surface area contributed by atoms with Crippen LogP contribution >= 0.6 is 11.6 Å². The van der Waals surface area contributed by atoms with Gasteiger partial charge in [-0.25, -0.2) is 0 Å². The third-order valence-electron chi connectivity index (χ3n) is 6.08. The molecule has 33 heavy (non-hydrogen) atoms. The van der Waals surface area contributed by atoms with Crippen molar-refractivity contribution < 1.29 is 14.3 Å². The van der Waals surface area contributed by atoms with E-state index in [0.717, 1.165) is 35.1 Å². The molecule has 2 heterocycles. The number of halogens is 1. The number of carbonyl (C=O) groups excluding carboxylic acids is 2. The first-order valence-corrected chi connectivity index (χ1v) is 11.4.